The van der Waals surface area contributed by atoms with Gasteiger partial charge in [-0.15, -0.1) is 0 Å². The lowest BCUT2D eigenvalue weighted by Crippen LogP contribution is -2.25. The van der Waals surface area contributed by atoms with E-state index in [2.05, 4.69) is 302 Å². The zero-order valence-corrected chi connectivity index (χ0v) is 55.1. The van der Waals surface area contributed by atoms with Crippen molar-refractivity contribution in [2.45, 2.75) is 123 Å². The number of nitrogens with zero attached hydrogens (tertiary/aromatic N) is 3. The van der Waals surface area contributed by atoms with Gasteiger partial charge in [-0.2, -0.15) is 0 Å². The van der Waals surface area contributed by atoms with Gasteiger partial charge in [0.1, 0.15) is 0 Å². The molecular formula is C91H83N3. The van der Waals surface area contributed by atoms with E-state index in [-0.39, 0.29) is 5.41 Å². The van der Waals surface area contributed by atoms with Gasteiger partial charge in [-0.05, 0) is 184 Å². The Kier molecular flexibility index (Phi) is 15.8. The average molecular weight is 1220 g/mol. The molecular weight excluding hydrogens is 1140 g/mol. The van der Waals surface area contributed by atoms with Crippen molar-refractivity contribution in [2.24, 2.45) is 0 Å². The summed E-state index contributed by atoms with van der Waals surface area (Å²) in [7, 11) is 0. The molecule has 3 aromatic heterocycles. The minimum atomic E-state index is -0.0785. The molecule has 94 heavy (non-hydrogen) atoms. The topological polar surface area (TPSA) is 14.8 Å². The van der Waals surface area contributed by atoms with E-state index in [1.807, 2.05) is 0 Å². The summed E-state index contributed by atoms with van der Waals surface area (Å²) >= 11 is 0. The Hall–Kier alpha value is -9.96. The molecule has 0 bridgehead atoms. The molecule has 0 radical (unpaired) electrons. The van der Waals surface area contributed by atoms with Crippen molar-refractivity contribution in [3.8, 4) is 72.7 Å². The van der Waals surface area contributed by atoms with Gasteiger partial charge in [-0.3, -0.25) is 0 Å². The van der Waals surface area contributed by atoms with Crippen molar-refractivity contribution >= 4 is 65.4 Å². The molecule has 0 fully saturated rings. The Labute approximate surface area is 554 Å². The molecule has 0 atom stereocenters. The fourth-order valence-electron chi connectivity index (χ4n) is 16.4. The molecule has 462 valence electrons. The molecule has 0 spiro atoms. The van der Waals surface area contributed by atoms with Crippen LogP contribution in [0.5, 0.6) is 0 Å². The maximum atomic E-state index is 2.65. The third-order valence-electron chi connectivity index (χ3n) is 21.1. The standard InChI is InChI=1S/C91H83N3/c1-5-7-9-11-13-25-53-91(54-26-14-12-10-8-6-2)83-60-69(66-41-39-65(40-42-66)64-37-35-62(3)36-38-64)43-47-75(83)76-48-44-70(61-84(76)91)71-55-63(4)56-74(57-71)92-85-33-23-22-32-78(85)81-58-67(45-51-87(81)92)68-46-52-88-82(59-68)80-50-49-79-77-31-21-24-34-86(77)93(72-27-17-15-18-28-72)89(79)90(80)94(88)73-29-19-16-20-30-73/h15-24,27-52,55-61H,5-14,25-26,53-54H2,1-4H3. The number of para-hydroxylation sites is 4. The third-order valence-corrected chi connectivity index (χ3v) is 21.1. The van der Waals surface area contributed by atoms with Gasteiger partial charge in [0.05, 0.1) is 33.1 Å². The van der Waals surface area contributed by atoms with E-state index >= 15 is 0 Å². The summed E-state index contributed by atoms with van der Waals surface area (Å²) in [5.74, 6) is 0. The number of benzene rings is 12. The number of unbranched alkanes of at least 4 members (excludes halogenated alkanes) is 10. The Bertz CT molecular complexity index is 5270. The minimum Gasteiger partial charge on any atom is -0.309 e. The van der Waals surface area contributed by atoms with Crippen molar-refractivity contribution in [1.29, 1.82) is 0 Å². The van der Waals surface area contributed by atoms with E-state index < -0.39 is 0 Å². The van der Waals surface area contributed by atoms with Crippen molar-refractivity contribution in [2.75, 3.05) is 0 Å². The van der Waals surface area contributed by atoms with Gasteiger partial charge >= 0.3 is 0 Å². The second-order valence-corrected chi connectivity index (χ2v) is 27.2. The molecule has 0 N–H and O–H groups in total. The molecule has 0 saturated carbocycles. The molecule has 3 heterocycles. The van der Waals surface area contributed by atoms with E-state index in [0.717, 1.165) is 11.4 Å². The Morgan fingerprint density at radius 3 is 1.20 bits per heavy atom. The number of aryl methyl sites for hydroxylation is 2. The van der Waals surface area contributed by atoms with Crippen molar-refractivity contribution in [3.63, 3.8) is 0 Å². The summed E-state index contributed by atoms with van der Waals surface area (Å²) in [5, 5.41) is 7.48. The molecule has 1 aliphatic carbocycles. The van der Waals surface area contributed by atoms with Crippen LogP contribution in [0, 0.1) is 13.8 Å². The van der Waals surface area contributed by atoms with Gasteiger partial charge in [0, 0.05) is 54.8 Å². The van der Waals surface area contributed by atoms with Crippen molar-refractivity contribution in [3.05, 3.63) is 283 Å². The highest BCUT2D eigenvalue weighted by atomic mass is 15.0. The summed E-state index contributed by atoms with van der Waals surface area (Å²) in [6.07, 6.45) is 17.9. The van der Waals surface area contributed by atoms with Gasteiger partial charge in [0.25, 0.3) is 0 Å². The van der Waals surface area contributed by atoms with E-state index in [1.54, 1.807) is 5.56 Å². The fraction of sp³-hybridized carbons (Fsp3) is 0.209. The SMILES string of the molecule is CCCCCCCCC1(CCCCCCCC)c2cc(-c3ccc(-c4ccc(C)cc4)cc3)ccc2-c2ccc(-c3cc(C)cc(-n4c5ccccc5c5cc(-c6ccc7c(c6)c6ccc8c9ccccc9n(-c9ccccc9)c8c6n7-c6ccccc6)ccc54)c3)cc21. The number of aromatic nitrogens is 3. The smallest absolute Gasteiger partial charge is 0.0788 e. The van der Waals surface area contributed by atoms with Gasteiger partial charge < -0.3 is 13.7 Å². The fourth-order valence-corrected chi connectivity index (χ4v) is 16.4. The van der Waals surface area contributed by atoms with Crippen LogP contribution in [0.2, 0.25) is 0 Å². The van der Waals surface area contributed by atoms with E-state index in [4.69, 9.17) is 0 Å². The Balaban J connectivity index is 0.795. The number of rotatable bonds is 21. The highest BCUT2D eigenvalue weighted by Crippen LogP contribution is 2.56. The first-order valence-corrected chi connectivity index (χ1v) is 35.1. The van der Waals surface area contributed by atoms with Crippen LogP contribution in [0.1, 0.15) is 126 Å². The highest BCUT2D eigenvalue weighted by Gasteiger charge is 2.43. The number of hydrogen-bond donors (Lipinski definition) is 0. The third kappa shape index (κ3) is 10.5. The minimum absolute atomic E-state index is 0.0785. The predicted octanol–water partition coefficient (Wildman–Crippen LogP) is 26.0. The molecule has 15 aromatic rings. The van der Waals surface area contributed by atoms with Gasteiger partial charge in [-0.25, -0.2) is 0 Å². The van der Waals surface area contributed by atoms with Crippen LogP contribution >= 0.6 is 0 Å². The largest absolute Gasteiger partial charge is 0.309 e. The molecule has 0 saturated heterocycles. The zero-order valence-electron chi connectivity index (χ0n) is 55.1. The van der Waals surface area contributed by atoms with Crippen LogP contribution in [0.15, 0.2) is 261 Å². The number of hydrogen-bond acceptors (Lipinski definition) is 0. The lowest BCUT2D eigenvalue weighted by atomic mass is 9.70. The summed E-state index contributed by atoms with van der Waals surface area (Å²) < 4.78 is 7.50. The first-order chi connectivity index (χ1) is 46.3. The Morgan fingerprint density at radius 1 is 0.255 bits per heavy atom. The summed E-state index contributed by atoms with van der Waals surface area (Å²) in [5.41, 5.74) is 29.2. The van der Waals surface area contributed by atoms with Gasteiger partial charge in [0.2, 0.25) is 0 Å². The second kappa shape index (κ2) is 25.2. The van der Waals surface area contributed by atoms with Crippen LogP contribution in [0.3, 0.4) is 0 Å². The molecule has 16 rings (SSSR count). The highest BCUT2D eigenvalue weighted by molar-refractivity contribution is 6.24. The molecule has 0 amide bonds. The number of fused-ring (bicyclic) bond motifs is 13. The first kappa shape index (κ1) is 59.1. The molecule has 0 unspecified atom stereocenters. The summed E-state index contributed by atoms with van der Waals surface area (Å²) in [6, 6.07) is 99.4. The monoisotopic (exact) mass is 1220 g/mol. The first-order valence-electron chi connectivity index (χ1n) is 35.1. The lowest BCUT2D eigenvalue weighted by molar-refractivity contribution is 0.398. The Morgan fingerprint density at radius 2 is 0.649 bits per heavy atom. The summed E-state index contributed by atoms with van der Waals surface area (Å²) in [6.45, 7) is 9.12. The quantitative estimate of drug-likeness (QED) is 0.0637. The van der Waals surface area contributed by atoms with Gasteiger partial charge in [-0.1, -0.05) is 272 Å². The van der Waals surface area contributed by atoms with Crippen LogP contribution in [0.25, 0.3) is 138 Å². The van der Waals surface area contributed by atoms with Crippen LogP contribution in [0.4, 0.5) is 0 Å². The maximum Gasteiger partial charge on any atom is 0.0788 e. The van der Waals surface area contributed by atoms with Crippen LogP contribution in [-0.4, -0.2) is 13.7 Å². The average Bonchev–Trinajstić information content (AvgIpc) is 1.57. The van der Waals surface area contributed by atoms with Crippen molar-refractivity contribution < 1.29 is 0 Å². The predicted molar refractivity (Wildman–Crippen MR) is 403 cm³/mol. The van der Waals surface area contributed by atoms with E-state index in [9.17, 15) is 0 Å². The maximum absolute atomic E-state index is 2.65. The molecule has 12 aromatic carbocycles. The van der Waals surface area contributed by atoms with E-state index in [0.29, 0.717) is 0 Å². The van der Waals surface area contributed by atoms with Crippen molar-refractivity contribution in [1.82, 2.24) is 13.7 Å². The lowest BCUT2D eigenvalue weighted by Gasteiger charge is -2.33. The normalized spacial score (nSPS) is 12.7. The van der Waals surface area contributed by atoms with Gasteiger partial charge in [0.15, 0.2) is 0 Å². The van der Waals surface area contributed by atoms with Crippen LogP contribution in [-0.2, 0) is 5.41 Å². The molecule has 3 heteroatoms. The molecule has 3 nitrogen and oxygen atoms in total. The summed E-state index contributed by atoms with van der Waals surface area (Å²) in [4.78, 5) is 0. The molecule has 1 aliphatic rings. The zero-order chi connectivity index (χ0) is 63.3. The second-order valence-electron chi connectivity index (χ2n) is 27.2. The van der Waals surface area contributed by atoms with E-state index in [1.165, 1.54) is 233 Å². The molecule has 0 aliphatic heterocycles. The van der Waals surface area contributed by atoms with Crippen LogP contribution < -0.4 is 0 Å².